The van der Waals surface area contributed by atoms with Crippen molar-refractivity contribution in [1.29, 1.82) is 0 Å². The fourth-order valence-corrected chi connectivity index (χ4v) is 3.21. The van der Waals surface area contributed by atoms with Gasteiger partial charge in [-0.05, 0) is 37.3 Å². The number of hydrogen-bond donors (Lipinski definition) is 4. The highest BCUT2D eigenvalue weighted by atomic mass is 16.7. The summed E-state index contributed by atoms with van der Waals surface area (Å²) in [6.45, 7) is 20.8. The number of amides is 2. The van der Waals surface area contributed by atoms with Crippen LogP contribution >= 0.6 is 0 Å². The lowest BCUT2D eigenvalue weighted by molar-refractivity contribution is -0.131. The summed E-state index contributed by atoms with van der Waals surface area (Å²) in [4.78, 5) is 24.2. The van der Waals surface area contributed by atoms with Gasteiger partial charge in [-0.2, -0.15) is 0 Å². The zero-order valence-electron chi connectivity index (χ0n) is 21.2. The van der Waals surface area contributed by atoms with Gasteiger partial charge in [0, 0.05) is 25.9 Å². The molecule has 0 saturated carbocycles. The normalized spacial score (nSPS) is 13.4. The van der Waals surface area contributed by atoms with Crippen LogP contribution in [-0.2, 0) is 28.5 Å². The first kappa shape index (κ1) is 32.0. The van der Waals surface area contributed by atoms with Crippen molar-refractivity contribution in [2.45, 2.75) is 58.7 Å². The lowest BCUT2D eigenvalue weighted by Crippen LogP contribution is -2.41. The number of nitrogens with one attached hydrogen (secondary N) is 2. The average Bonchev–Trinajstić information content (AvgIpc) is 2.77. The minimum Gasteiger partial charge on any atom is -0.465 e. The highest BCUT2D eigenvalue weighted by Crippen LogP contribution is 2.26. The Morgan fingerprint density at radius 1 is 0.886 bits per heavy atom. The molecule has 0 saturated heterocycles. The number of carbonyl (C=O) groups excluding carboxylic acids is 2. The number of aliphatic hydroxyl groups is 2. The molecule has 2 amide bonds. The molecule has 0 rings (SSSR count). The van der Waals surface area contributed by atoms with Crippen LogP contribution in [0, 0.1) is 11.3 Å². The van der Waals surface area contributed by atoms with Crippen LogP contribution in [0.4, 0.5) is 0 Å². The van der Waals surface area contributed by atoms with Gasteiger partial charge in [0.05, 0.1) is 25.7 Å². The maximum Gasteiger partial charge on any atom is 0.276 e. The molecule has 3 unspecified atom stereocenters. The van der Waals surface area contributed by atoms with E-state index >= 15 is 0 Å². The first-order chi connectivity index (χ1) is 16.4. The second kappa shape index (κ2) is 17.5. The fourth-order valence-electron chi connectivity index (χ4n) is 3.21. The van der Waals surface area contributed by atoms with Crippen LogP contribution in [0.1, 0.15) is 46.5 Å². The van der Waals surface area contributed by atoms with Crippen LogP contribution in [0.15, 0.2) is 50.7 Å². The molecule has 0 fully saturated rings. The van der Waals surface area contributed by atoms with Crippen molar-refractivity contribution in [3.8, 4) is 0 Å². The Morgan fingerprint density at radius 2 is 1.34 bits per heavy atom. The second-order valence-corrected chi connectivity index (χ2v) is 8.89. The Labute approximate surface area is 208 Å². The van der Waals surface area contributed by atoms with Gasteiger partial charge >= 0.3 is 0 Å². The third-order valence-corrected chi connectivity index (χ3v) is 4.92. The van der Waals surface area contributed by atoms with Crippen molar-refractivity contribution in [2.75, 3.05) is 26.3 Å². The molecule has 10 nitrogen and oxygen atoms in total. The molecule has 0 aliphatic rings. The molecule has 4 N–H and O–H groups in total. The Kier molecular flexibility index (Phi) is 16.0. The van der Waals surface area contributed by atoms with Crippen molar-refractivity contribution in [2.24, 2.45) is 11.3 Å². The minimum absolute atomic E-state index is 0.0445. The lowest BCUT2D eigenvalue weighted by Gasteiger charge is -2.29. The predicted octanol–water partition coefficient (Wildman–Crippen LogP) is 2.46. The van der Waals surface area contributed by atoms with Crippen molar-refractivity contribution >= 4 is 11.8 Å². The first-order valence-electron chi connectivity index (χ1n) is 11.5. The molecule has 0 spiro atoms. The van der Waals surface area contributed by atoms with Gasteiger partial charge < -0.3 is 39.8 Å². The lowest BCUT2D eigenvalue weighted by atomic mass is 9.82. The monoisotopic (exact) mass is 498 g/mol. The highest BCUT2D eigenvalue weighted by molar-refractivity contribution is 5.80. The van der Waals surface area contributed by atoms with Crippen molar-refractivity contribution in [1.82, 2.24) is 10.6 Å². The zero-order chi connectivity index (χ0) is 26.9. The van der Waals surface area contributed by atoms with E-state index < -0.39 is 24.0 Å². The first-order valence-corrected chi connectivity index (χ1v) is 11.5. The largest absolute Gasteiger partial charge is 0.465 e. The van der Waals surface area contributed by atoms with E-state index in [4.69, 9.17) is 18.9 Å². The van der Waals surface area contributed by atoms with Crippen LogP contribution in [0.5, 0.6) is 0 Å². The van der Waals surface area contributed by atoms with E-state index in [1.54, 1.807) is 0 Å². The fraction of sp³-hybridized carbons (Fsp3) is 0.600. The van der Waals surface area contributed by atoms with Gasteiger partial charge in [-0.25, -0.2) is 0 Å². The molecule has 0 bridgehead atoms. The van der Waals surface area contributed by atoms with Gasteiger partial charge in [-0.3, -0.25) is 9.59 Å². The summed E-state index contributed by atoms with van der Waals surface area (Å²) >= 11 is 0. The van der Waals surface area contributed by atoms with E-state index in [-0.39, 0.29) is 49.3 Å². The predicted molar refractivity (Wildman–Crippen MR) is 132 cm³/mol. The number of carbonyl (C=O) groups is 2. The maximum atomic E-state index is 12.1. The van der Waals surface area contributed by atoms with Crippen LogP contribution in [-0.4, -0.2) is 60.5 Å². The van der Waals surface area contributed by atoms with Crippen LogP contribution in [0.25, 0.3) is 0 Å². The Morgan fingerprint density at radius 3 is 1.80 bits per heavy atom. The van der Waals surface area contributed by atoms with E-state index in [9.17, 15) is 19.8 Å². The number of aliphatic hydroxyl groups excluding tert-OH is 2. The number of hydrogen-bond acceptors (Lipinski definition) is 8. The van der Waals surface area contributed by atoms with E-state index in [2.05, 4.69) is 43.9 Å². The Hall–Kier alpha value is -2.98. The third kappa shape index (κ3) is 16.3. The molecule has 0 aliphatic carbocycles. The molecule has 0 heterocycles. The summed E-state index contributed by atoms with van der Waals surface area (Å²) in [6, 6.07) is 0. The molecule has 3 atom stereocenters. The quantitative estimate of drug-likeness (QED) is 0.177. The number of ether oxygens (including phenoxy) is 4. The minimum atomic E-state index is -1.21. The van der Waals surface area contributed by atoms with Crippen molar-refractivity contribution < 1.29 is 38.7 Å². The van der Waals surface area contributed by atoms with E-state index in [0.717, 1.165) is 6.42 Å². The maximum absolute atomic E-state index is 12.1. The highest BCUT2D eigenvalue weighted by Gasteiger charge is 2.24. The van der Waals surface area contributed by atoms with Crippen LogP contribution in [0.2, 0.25) is 0 Å². The average molecular weight is 499 g/mol. The third-order valence-electron chi connectivity index (χ3n) is 4.92. The van der Waals surface area contributed by atoms with Gasteiger partial charge in [-0.15, -0.1) is 0 Å². The topological polar surface area (TPSA) is 136 Å². The van der Waals surface area contributed by atoms with Crippen LogP contribution in [0.3, 0.4) is 0 Å². The standard InChI is InChI=1S/C25H42N2O8/c1-8-32-19(4)34-14-11-21(28)23(30)26-13-10-18(3)16-25(6,7)17-27-24(31)22(29)12-15-35-20(5)33-9-2/h8-9,18,21-22,28-29H,1-2,4-5,10-17H2,3,6-7H3,(H,26,30)(H,27,31). The van der Waals surface area contributed by atoms with Gasteiger partial charge in [0.1, 0.15) is 12.2 Å². The second-order valence-electron chi connectivity index (χ2n) is 8.89. The van der Waals surface area contributed by atoms with Gasteiger partial charge in [0.15, 0.2) is 0 Å². The molecule has 35 heavy (non-hydrogen) atoms. The van der Waals surface area contributed by atoms with Gasteiger partial charge in [-0.1, -0.05) is 33.9 Å². The zero-order valence-corrected chi connectivity index (χ0v) is 21.2. The molecular weight excluding hydrogens is 456 g/mol. The molecule has 10 heteroatoms. The molecule has 0 radical (unpaired) electrons. The van der Waals surface area contributed by atoms with E-state index in [1.807, 2.05) is 13.8 Å². The van der Waals surface area contributed by atoms with Crippen molar-refractivity contribution in [3.63, 3.8) is 0 Å². The number of rotatable bonds is 21. The van der Waals surface area contributed by atoms with Gasteiger partial charge in [0.25, 0.3) is 11.9 Å². The molecule has 0 aromatic rings. The summed E-state index contributed by atoms with van der Waals surface area (Å²) in [5, 5.41) is 25.4. The summed E-state index contributed by atoms with van der Waals surface area (Å²) in [6.07, 6.45) is 1.61. The van der Waals surface area contributed by atoms with E-state index in [1.165, 1.54) is 12.5 Å². The molecule has 0 aromatic carbocycles. The summed E-state index contributed by atoms with van der Waals surface area (Å²) < 4.78 is 19.8. The van der Waals surface area contributed by atoms with E-state index in [0.29, 0.717) is 19.5 Å². The SMILES string of the molecule is C=COC(=C)OCCC(O)C(=O)NCCC(C)CC(C)(C)CNC(=O)C(O)CCOC(=C)OC=C. The molecule has 0 aromatic heterocycles. The molecule has 0 aliphatic heterocycles. The van der Waals surface area contributed by atoms with Crippen LogP contribution < -0.4 is 10.6 Å². The summed E-state index contributed by atoms with van der Waals surface area (Å²) in [7, 11) is 0. The summed E-state index contributed by atoms with van der Waals surface area (Å²) in [5.41, 5.74) is -0.228. The smallest absolute Gasteiger partial charge is 0.276 e. The Balaban J connectivity index is 4.17. The Bertz CT molecular complexity index is 708. The molecule has 200 valence electrons. The van der Waals surface area contributed by atoms with Gasteiger partial charge in [0.2, 0.25) is 11.8 Å². The van der Waals surface area contributed by atoms with Crippen molar-refractivity contribution in [3.05, 3.63) is 50.7 Å². The summed E-state index contributed by atoms with van der Waals surface area (Å²) in [5.74, 6) is -0.613. The molecular formula is C25H42N2O8.